The number of rotatable bonds is 15. The summed E-state index contributed by atoms with van der Waals surface area (Å²) in [7, 11) is 0. The fourth-order valence-corrected chi connectivity index (χ4v) is 6.81. The number of nitrogens with two attached hydrogens (primary N) is 2. The number of thiazole rings is 1. The Morgan fingerprint density at radius 3 is 2.65 bits per heavy atom. The fraction of sp³-hybridized carbons (Fsp3) is 0.290. The van der Waals surface area contributed by atoms with Gasteiger partial charge in [-0.3, -0.25) is 24.1 Å². The molecule has 0 unspecified atom stereocenters. The first-order valence-electron chi connectivity index (χ1n) is 15.9. The van der Waals surface area contributed by atoms with Gasteiger partial charge < -0.3 is 57.6 Å². The van der Waals surface area contributed by atoms with Crippen LogP contribution in [0.5, 0.6) is 5.75 Å². The molecule has 1 fully saturated rings. The first-order valence-corrected chi connectivity index (χ1v) is 17.8. The summed E-state index contributed by atoms with van der Waals surface area (Å²) >= 11 is 2.17. The molecule has 3 aromatic rings. The fourth-order valence-electron chi connectivity index (χ4n) is 4.94. The van der Waals surface area contributed by atoms with Gasteiger partial charge >= 0.3 is 5.97 Å². The minimum Gasteiger partial charge on any atom is -0.543 e. The number of β-lactam (4-membered cyclic amide) rings is 1. The summed E-state index contributed by atoms with van der Waals surface area (Å²) in [4.78, 5) is 88.5. The number of nitrogens with zero attached hydrogens (tertiary/aromatic N) is 6. The number of allylic oxidation sites excluding steroid dienone is 2. The van der Waals surface area contributed by atoms with Crippen molar-refractivity contribution in [1.82, 2.24) is 30.2 Å². The molecular weight excluding hydrogens is 767 g/mol. The zero-order valence-corrected chi connectivity index (χ0v) is 30.4. The van der Waals surface area contributed by atoms with Crippen LogP contribution in [0.1, 0.15) is 30.0 Å². The highest BCUT2D eigenvalue weighted by molar-refractivity contribution is 8.00. The summed E-state index contributed by atoms with van der Waals surface area (Å²) in [5.41, 5.74) is 8.44. The molecule has 5 heterocycles. The molecule has 22 nitrogen and oxygen atoms in total. The lowest BCUT2D eigenvalue weighted by Gasteiger charge is -2.50. The standard InChI is InChI=1S/C31H33N11O11S2/c1-31(2,29(50)51)53-39-20(16-12-55-30(33)37-16)25(46)38-21-26(47)42-22(28(48)49)14(11-54-27(21)42)4-3-7-40-9-15(23(32)36-13-40)34-5-6-35-24(45)17-8-18(43)19(44)10-41(17)52/h3-4,8-10,12-13,21,27,32,34,52H,5-7,11H2,1-2H3,(H7,33,35,37,38,44,45,46,48,49,50,51)/b4-3+,39-20+/t21-,27-/m1/s1. The average molecular weight is 800 g/mol. The maximum absolute atomic E-state index is 13.3. The van der Waals surface area contributed by atoms with E-state index in [1.54, 1.807) is 16.8 Å². The van der Waals surface area contributed by atoms with Crippen LogP contribution in [0.15, 0.2) is 63.5 Å². The van der Waals surface area contributed by atoms with Gasteiger partial charge in [0.2, 0.25) is 11.0 Å². The molecule has 10 N–H and O–H groups in total. The van der Waals surface area contributed by atoms with Crippen LogP contribution in [0, 0.1) is 0 Å². The van der Waals surface area contributed by atoms with Gasteiger partial charge in [-0.15, -0.1) is 23.1 Å². The Balaban J connectivity index is 1.21. The Morgan fingerprint density at radius 1 is 1.24 bits per heavy atom. The summed E-state index contributed by atoms with van der Waals surface area (Å²) in [6, 6.07) is -0.394. The quantitative estimate of drug-likeness (QED) is 0.0192. The van der Waals surface area contributed by atoms with Crippen molar-refractivity contribution < 1.29 is 53.9 Å². The van der Waals surface area contributed by atoms with E-state index in [2.05, 4.69) is 31.1 Å². The molecule has 290 valence electrons. The Bertz CT molecular complexity index is 2220. The Hall–Kier alpha value is -6.69. The lowest BCUT2D eigenvalue weighted by atomic mass is 10.0. The number of hydrogen-bond donors (Lipinski definition) is 8. The number of aromatic nitrogens is 4. The number of pyridine rings is 1. The number of carbonyl (C=O) groups is 5. The van der Waals surface area contributed by atoms with Gasteiger partial charge in [0, 0.05) is 30.3 Å². The van der Waals surface area contributed by atoms with Crippen molar-refractivity contribution in [2.45, 2.75) is 37.4 Å². The van der Waals surface area contributed by atoms with E-state index in [-0.39, 0.29) is 59.0 Å². The third-order valence-corrected chi connectivity index (χ3v) is 9.84. The summed E-state index contributed by atoms with van der Waals surface area (Å²) < 4.78 is 1.94. The molecule has 3 amide bonds. The highest BCUT2D eigenvalue weighted by Gasteiger charge is 2.53. The Labute approximate surface area is 317 Å². The molecule has 2 atom stereocenters. The summed E-state index contributed by atoms with van der Waals surface area (Å²) in [5, 5.41) is 53.1. The molecule has 0 bridgehead atoms. The number of aliphatic carboxylic acids is 2. The number of nitrogen functional groups attached to an aromatic ring is 2. The molecule has 3 aromatic heterocycles. The van der Waals surface area contributed by atoms with Crippen LogP contribution in [-0.4, -0.2) is 106 Å². The molecule has 55 heavy (non-hydrogen) atoms. The van der Waals surface area contributed by atoms with Crippen molar-refractivity contribution in [3.63, 3.8) is 0 Å². The zero-order valence-electron chi connectivity index (χ0n) is 28.8. The number of aromatic hydroxyl groups is 1. The second kappa shape index (κ2) is 16.1. The molecule has 1 saturated heterocycles. The number of carbonyl (C=O) groups excluding carboxylic acids is 4. The van der Waals surface area contributed by atoms with Crippen LogP contribution in [0.4, 0.5) is 16.6 Å². The van der Waals surface area contributed by atoms with Crippen molar-refractivity contribution in [3.8, 4) is 5.75 Å². The van der Waals surface area contributed by atoms with E-state index in [4.69, 9.17) is 16.3 Å². The summed E-state index contributed by atoms with van der Waals surface area (Å²) in [6.45, 7) is 2.80. The van der Waals surface area contributed by atoms with Gasteiger partial charge in [-0.05, 0) is 30.5 Å². The van der Waals surface area contributed by atoms with Crippen LogP contribution < -0.4 is 42.5 Å². The van der Waals surface area contributed by atoms with E-state index in [9.17, 15) is 49.3 Å². The zero-order chi connectivity index (χ0) is 40.2. The largest absolute Gasteiger partial charge is 0.543 e. The molecule has 0 aromatic carbocycles. The SMILES string of the molecule is CC(C)(O/N=C(/C(=O)N[C@@H]1C(=O)N2C(C(=O)[O-])=C(/C=C/C[n+]3cnc(N)c(NCCNC(=O)c4cc(=O)c(O)cn4O)c3)CS[C@H]12)c1csc(N)n1)C(=O)O. The third-order valence-electron chi connectivity index (χ3n) is 7.86. The normalized spacial score (nSPS) is 17.0. The average Bonchev–Trinajstić information content (AvgIpc) is 3.56. The Kier molecular flexibility index (Phi) is 11.6. The molecule has 0 radical (unpaired) electrons. The van der Waals surface area contributed by atoms with E-state index in [1.807, 2.05) is 0 Å². The first kappa shape index (κ1) is 39.5. The summed E-state index contributed by atoms with van der Waals surface area (Å²) in [5.74, 6) is -5.88. The lowest BCUT2D eigenvalue weighted by molar-refractivity contribution is -0.689. The predicted molar refractivity (Wildman–Crippen MR) is 191 cm³/mol. The van der Waals surface area contributed by atoms with Crippen LogP contribution >= 0.6 is 23.1 Å². The van der Waals surface area contributed by atoms with Gasteiger partial charge in [-0.1, -0.05) is 11.2 Å². The van der Waals surface area contributed by atoms with Gasteiger partial charge in [0.15, 0.2) is 16.6 Å². The number of fused-ring (bicyclic) bond motifs is 1. The number of thioether (sulfide) groups is 1. The number of oxime groups is 1. The lowest BCUT2D eigenvalue weighted by Crippen LogP contribution is -2.71. The second-order valence-corrected chi connectivity index (χ2v) is 14.1. The number of hydrogen-bond acceptors (Lipinski definition) is 18. The monoisotopic (exact) mass is 799 g/mol. The number of carboxylic acids is 2. The van der Waals surface area contributed by atoms with Gasteiger partial charge in [-0.25, -0.2) is 14.3 Å². The molecule has 2 aliphatic heterocycles. The number of nitrogens with one attached hydrogen (secondary N) is 3. The van der Waals surface area contributed by atoms with Crippen molar-refractivity contribution in [3.05, 3.63) is 75.2 Å². The smallest absolute Gasteiger partial charge is 0.350 e. The van der Waals surface area contributed by atoms with Crippen LogP contribution in [0.25, 0.3) is 0 Å². The van der Waals surface area contributed by atoms with Gasteiger partial charge in [0.05, 0.1) is 17.9 Å². The van der Waals surface area contributed by atoms with E-state index in [0.717, 1.165) is 22.3 Å². The molecule has 0 aliphatic carbocycles. The van der Waals surface area contributed by atoms with E-state index < -0.39 is 63.6 Å². The number of amides is 3. The summed E-state index contributed by atoms with van der Waals surface area (Å²) in [6.07, 6.45) is 6.87. The molecule has 24 heteroatoms. The molecular formula is C31H33N11O11S2. The minimum atomic E-state index is -1.81. The molecule has 5 rings (SSSR count). The minimum absolute atomic E-state index is 0.0294. The van der Waals surface area contributed by atoms with Crippen molar-refractivity contribution in [2.24, 2.45) is 5.16 Å². The first-order chi connectivity index (χ1) is 26.0. The molecule has 0 saturated carbocycles. The molecule has 2 aliphatic rings. The van der Waals surface area contributed by atoms with Crippen LogP contribution in [-0.2, 0) is 30.6 Å². The second-order valence-electron chi connectivity index (χ2n) is 12.1. The van der Waals surface area contributed by atoms with E-state index in [1.165, 1.54) is 43.4 Å². The highest BCUT2D eigenvalue weighted by Crippen LogP contribution is 2.40. The highest BCUT2D eigenvalue weighted by atomic mass is 32.2. The number of anilines is 3. The van der Waals surface area contributed by atoms with Crippen molar-refractivity contribution in [1.29, 1.82) is 0 Å². The Morgan fingerprint density at radius 2 is 1.98 bits per heavy atom. The number of carboxylic acid groups (broad SMARTS) is 2. The van der Waals surface area contributed by atoms with Crippen LogP contribution in [0.3, 0.4) is 0 Å². The van der Waals surface area contributed by atoms with Crippen LogP contribution in [0.2, 0.25) is 0 Å². The predicted octanol–water partition coefficient (Wildman–Crippen LogP) is -2.82. The third kappa shape index (κ3) is 8.76. The molecule has 0 spiro atoms. The van der Waals surface area contributed by atoms with Gasteiger partial charge in [-0.2, -0.15) is 4.73 Å². The van der Waals surface area contributed by atoms with Gasteiger partial charge in [0.1, 0.15) is 41.2 Å². The van der Waals surface area contributed by atoms with Crippen molar-refractivity contribution >= 4 is 75.1 Å². The maximum atomic E-state index is 13.3. The van der Waals surface area contributed by atoms with E-state index >= 15 is 0 Å². The maximum Gasteiger partial charge on any atom is 0.350 e. The topological polar surface area (TPSA) is 334 Å². The van der Waals surface area contributed by atoms with E-state index in [0.29, 0.717) is 16.6 Å². The van der Waals surface area contributed by atoms with Gasteiger partial charge in [0.25, 0.3) is 29.9 Å². The van der Waals surface area contributed by atoms with Crippen molar-refractivity contribution in [2.75, 3.05) is 35.6 Å².